The Morgan fingerprint density at radius 1 is 0.938 bits per heavy atom. The van der Waals surface area contributed by atoms with Crippen LogP contribution in [0, 0.1) is 7.14 Å². The van der Waals surface area contributed by atoms with Crippen molar-refractivity contribution in [3.8, 4) is 5.75 Å². The summed E-state index contributed by atoms with van der Waals surface area (Å²) in [5.41, 5.74) is 3.00. The number of esters is 1. The van der Waals surface area contributed by atoms with E-state index in [4.69, 9.17) is 4.74 Å². The summed E-state index contributed by atoms with van der Waals surface area (Å²) in [5, 5.41) is 0. The lowest BCUT2D eigenvalue weighted by molar-refractivity contribution is 0.0730. The molecule has 172 valence electrons. The van der Waals surface area contributed by atoms with Gasteiger partial charge in [-0.05, 0) is 131 Å². The van der Waals surface area contributed by atoms with Gasteiger partial charge in [0.05, 0.1) is 10.5 Å². The van der Waals surface area contributed by atoms with Gasteiger partial charge in [-0.15, -0.1) is 0 Å². The second kappa shape index (κ2) is 10.3. The average molecular weight is 680 g/mol. The molecule has 0 saturated heterocycles. The second-order valence-electron chi connectivity index (χ2n) is 8.63. The Hall–Kier alpha value is -0.720. The quantitative estimate of drug-likeness (QED) is 0.128. The minimum Gasteiger partial charge on any atom is -0.423 e. The van der Waals surface area contributed by atoms with E-state index in [0.29, 0.717) is 35.6 Å². The van der Waals surface area contributed by atoms with Gasteiger partial charge in [-0.2, -0.15) is 8.42 Å². The number of hydrogen-bond donors (Lipinski definition) is 1. The van der Waals surface area contributed by atoms with E-state index in [1.165, 1.54) is 31.4 Å². The smallest absolute Gasteiger partial charge is 0.343 e. The SMILES string of the molecule is O=C(Oc1ccc(S(=O)(=O)O)c2c1CCCCC2)c1cc(I)cc(I)c1C1CCCCC1. The van der Waals surface area contributed by atoms with Gasteiger partial charge in [0, 0.05) is 7.14 Å². The molecule has 0 unspecified atom stereocenters. The molecule has 0 atom stereocenters. The van der Waals surface area contributed by atoms with Crippen molar-refractivity contribution in [1.82, 2.24) is 0 Å². The summed E-state index contributed by atoms with van der Waals surface area (Å²) in [4.78, 5) is 13.4. The maximum atomic E-state index is 13.4. The van der Waals surface area contributed by atoms with Crippen molar-refractivity contribution in [1.29, 1.82) is 0 Å². The fraction of sp³-hybridized carbons (Fsp3) is 0.458. The largest absolute Gasteiger partial charge is 0.423 e. The van der Waals surface area contributed by atoms with E-state index in [1.807, 2.05) is 6.07 Å². The number of halogens is 2. The van der Waals surface area contributed by atoms with Crippen LogP contribution in [-0.4, -0.2) is 18.9 Å². The second-order valence-corrected chi connectivity index (χ2v) is 12.4. The molecular formula is C24H26I2O5S. The first kappa shape index (κ1) is 24.4. The Balaban J connectivity index is 1.74. The van der Waals surface area contributed by atoms with Gasteiger partial charge in [-0.25, -0.2) is 4.79 Å². The molecule has 0 heterocycles. The van der Waals surface area contributed by atoms with Gasteiger partial charge in [0.1, 0.15) is 5.75 Å². The molecule has 2 aliphatic rings. The first-order valence-corrected chi connectivity index (χ1v) is 14.7. The molecule has 4 rings (SSSR count). The molecule has 1 saturated carbocycles. The standard InChI is InChI=1S/C24H26I2O5S/c25-16-13-19(23(20(26)14-16)15-7-3-1-4-8-15)24(27)31-21-11-12-22(32(28,29)30)18-10-6-2-5-9-17(18)21/h11-15H,1-10H2,(H,28,29,30). The van der Waals surface area contributed by atoms with Crippen molar-refractivity contribution < 1.29 is 22.5 Å². The molecular weight excluding hydrogens is 654 g/mol. The highest BCUT2D eigenvalue weighted by Crippen LogP contribution is 2.39. The number of carbonyl (C=O) groups excluding carboxylic acids is 1. The molecule has 0 amide bonds. The topological polar surface area (TPSA) is 80.7 Å². The summed E-state index contributed by atoms with van der Waals surface area (Å²) in [6, 6.07) is 6.89. The molecule has 2 aromatic carbocycles. The van der Waals surface area contributed by atoms with Gasteiger partial charge in [0.25, 0.3) is 10.1 Å². The summed E-state index contributed by atoms with van der Waals surface area (Å²) < 4.78 is 41.5. The molecule has 0 aromatic heterocycles. The lowest BCUT2D eigenvalue weighted by atomic mass is 9.82. The summed E-state index contributed by atoms with van der Waals surface area (Å²) >= 11 is 4.55. The van der Waals surface area contributed by atoms with E-state index in [1.54, 1.807) is 0 Å². The zero-order valence-electron chi connectivity index (χ0n) is 17.7. The highest BCUT2D eigenvalue weighted by atomic mass is 127. The maximum Gasteiger partial charge on any atom is 0.343 e. The third kappa shape index (κ3) is 5.33. The minimum absolute atomic E-state index is 0.0686. The minimum atomic E-state index is -4.33. The highest BCUT2D eigenvalue weighted by Gasteiger charge is 2.28. The molecule has 0 spiro atoms. The Labute approximate surface area is 216 Å². The molecule has 2 aliphatic carbocycles. The van der Waals surface area contributed by atoms with Crippen LogP contribution < -0.4 is 4.74 Å². The van der Waals surface area contributed by atoms with Gasteiger partial charge >= 0.3 is 5.97 Å². The van der Waals surface area contributed by atoms with E-state index in [9.17, 15) is 17.8 Å². The monoisotopic (exact) mass is 680 g/mol. The lowest BCUT2D eigenvalue weighted by Gasteiger charge is -2.25. The first-order valence-electron chi connectivity index (χ1n) is 11.1. The van der Waals surface area contributed by atoms with E-state index < -0.39 is 16.1 Å². The first-order chi connectivity index (χ1) is 15.3. The lowest BCUT2D eigenvalue weighted by Crippen LogP contribution is -2.18. The summed E-state index contributed by atoms with van der Waals surface area (Å²) in [6.45, 7) is 0. The van der Waals surface area contributed by atoms with Crippen molar-refractivity contribution in [2.24, 2.45) is 0 Å². The summed E-state index contributed by atoms with van der Waals surface area (Å²) in [7, 11) is -4.33. The predicted octanol–water partition coefficient (Wildman–Crippen LogP) is 6.68. The third-order valence-corrected chi connectivity index (χ3v) is 8.96. The van der Waals surface area contributed by atoms with Crippen molar-refractivity contribution >= 4 is 61.3 Å². The van der Waals surface area contributed by atoms with Gasteiger partial charge in [0.2, 0.25) is 0 Å². The van der Waals surface area contributed by atoms with Crippen LogP contribution in [-0.2, 0) is 23.0 Å². The van der Waals surface area contributed by atoms with Crippen molar-refractivity contribution in [2.45, 2.75) is 75.0 Å². The number of benzene rings is 2. The Morgan fingerprint density at radius 3 is 2.28 bits per heavy atom. The molecule has 1 fully saturated rings. The molecule has 1 N–H and O–H groups in total. The Morgan fingerprint density at radius 2 is 1.59 bits per heavy atom. The third-order valence-electron chi connectivity index (χ3n) is 6.51. The van der Waals surface area contributed by atoms with E-state index in [2.05, 4.69) is 51.2 Å². The van der Waals surface area contributed by atoms with Crippen LogP contribution in [0.4, 0.5) is 0 Å². The molecule has 5 nitrogen and oxygen atoms in total. The number of ether oxygens (including phenoxy) is 1. The van der Waals surface area contributed by atoms with Gasteiger partial charge in [-0.1, -0.05) is 25.7 Å². The Bertz CT molecular complexity index is 1140. The van der Waals surface area contributed by atoms with Gasteiger partial charge in [0.15, 0.2) is 0 Å². The van der Waals surface area contributed by atoms with Gasteiger partial charge < -0.3 is 4.74 Å². The predicted molar refractivity (Wildman–Crippen MR) is 140 cm³/mol. The van der Waals surface area contributed by atoms with Crippen LogP contribution in [0.1, 0.15) is 84.3 Å². The fourth-order valence-corrected chi connectivity index (χ4v) is 8.09. The summed E-state index contributed by atoms with van der Waals surface area (Å²) in [5.74, 6) is 0.366. The molecule has 0 bridgehead atoms. The molecule has 32 heavy (non-hydrogen) atoms. The zero-order valence-corrected chi connectivity index (χ0v) is 22.8. The van der Waals surface area contributed by atoms with Crippen LogP contribution in [0.15, 0.2) is 29.2 Å². The van der Waals surface area contributed by atoms with Crippen LogP contribution >= 0.6 is 45.2 Å². The average Bonchev–Trinajstić information content (AvgIpc) is 2.99. The van der Waals surface area contributed by atoms with Crippen LogP contribution in [0.3, 0.4) is 0 Å². The normalized spacial score (nSPS) is 17.5. The van der Waals surface area contributed by atoms with Crippen molar-refractivity contribution in [3.63, 3.8) is 0 Å². The van der Waals surface area contributed by atoms with Gasteiger partial charge in [-0.3, -0.25) is 4.55 Å². The van der Waals surface area contributed by atoms with Crippen molar-refractivity contribution in [3.05, 3.63) is 53.7 Å². The van der Waals surface area contributed by atoms with Crippen LogP contribution in [0.5, 0.6) is 5.75 Å². The molecule has 2 aromatic rings. The number of fused-ring (bicyclic) bond motifs is 1. The van der Waals surface area contributed by atoms with E-state index >= 15 is 0 Å². The zero-order chi connectivity index (χ0) is 22.9. The highest BCUT2D eigenvalue weighted by molar-refractivity contribution is 14.1. The maximum absolute atomic E-state index is 13.4. The van der Waals surface area contributed by atoms with E-state index in [-0.39, 0.29) is 4.90 Å². The molecule has 8 heteroatoms. The van der Waals surface area contributed by atoms with E-state index in [0.717, 1.165) is 50.4 Å². The fourth-order valence-electron chi connectivity index (χ4n) is 5.03. The Kier molecular flexibility index (Phi) is 7.83. The van der Waals surface area contributed by atoms with Crippen LogP contribution in [0.25, 0.3) is 0 Å². The molecule has 0 radical (unpaired) electrons. The van der Waals surface area contributed by atoms with Crippen LogP contribution in [0.2, 0.25) is 0 Å². The summed E-state index contributed by atoms with van der Waals surface area (Å²) in [6.07, 6.45) is 9.61. The number of hydrogen-bond acceptors (Lipinski definition) is 4. The van der Waals surface area contributed by atoms with Crippen molar-refractivity contribution in [2.75, 3.05) is 0 Å². The number of rotatable bonds is 4. The number of carbonyl (C=O) groups is 1. The molecule has 0 aliphatic heterocycles.